The second kappa shape index (κ2) is 5.10. The van der Waals surface area contributed by atoms with Gasteiger partial charge in [0.05, 0.1) is 0 Å². The van der Waals surface area contributed by atoms with E-state index in [1.54, 1.807) is 0 Å². The average molecular weight is 269 g/mol. The molecule has 3 heteroatoms. The molecule has 1 atom stereocenters. The lowest BCUT2D eigenvalue weighted by Crippen LogP contribution is -2.25. The molecule has 0 aromatic heterocycles. The first-order valence-corrected chi connectivity index (χ1v) is 6.22. The highest BCUT2D eigenvalue weighted by Gasteiger charge is 2.15. The first-order valence-electron chi connectivity index (χ1n) is 5.43. The lowest BCUT2D eigenvalue weighted by molar-refractivity contribution is 0.355. The Hall–Kier alpha value is -0.380. The van der Waals surface area contributed by atoms with Crippen LogP contribution in [0.2, 0.25) is 0 Å². The van der Waals surface area contributed by atoms with Crippen molar-refractivity contribution in [2.75, 3.05) is 26.7 Å². The molecule has 1 aliphatic rings. The minimum absolute atomic E-state index is 0.507. The molecule has 82 valence electrons. The molecule has 1 aromatic rings. The van der Waals surface area contributed by atoms with Gasteiger partial charge >= 0.3 is 0 Å². The maximum atomic E-state index is 3.59. The summed E-state index contributed by atoms with van der Waals surface area (Å²) in [6.07, 6.45) is 1.19. The fourth-order valence-corrected chi connectivity index (χ4v) is 2.42. The predicted molar refractivity (Wildman–Crippen MR) is 67.0 cm³/mol. The normalized spacial score (nSPS) is 23.7. The van der Waals surface area contributed by atoms with Crippen LogP contribution in [0.25, 0.3) is 0 Å². The van der Waals surface area contributed by atoms with Crippen LogP contribution in [0.3, 0.4) is 0 Å². The third kappa shape index (κ3) is 3.03. The van der Waals surface area contributed by atoms with Gasteiger partial charge in [0.2, 0.25) is 0 Å². The molecule has 0 saturated carbocycles. The second-order valence-electron chi connectivity index (χ2n) is 4.15. The summed E-state index contributed by atoms with van der Waals surface area (Å²) >= 11 is 3.52. The summed E-state index contributed by atoms with van der Waals surface area (Å²) in [7, 11) is 2.19. The Labute approximate surface area is 99.8 Å². The summed E-state index contributed by atoms with van der Waals surface area (Å²) in [5.41, 5.74) is 1.39. The maximum absolute atomic E-state index is 3.59. The smallest absolute Gasteiger partial charge is 0.0333 e. The average Bonchev–Trinajstić information content (AvgIpc) is 2.43. The molecule has 0 aliphatic carbocycles. The van der Waals surface area contributed by atoms with Crippen LogP contribution in [0.15, 0.2) is 28.7 Å². The Morgan fingerprint density at radius 1 is 1.40 bits per heavy atom. The Morgan fingerprint density at radius 3 is 3.07 bits per heavy atom. The minimum atomic E-state index is 0.507. The summed E-state index contributed by atoms with van der Waals surface area (Å²) < 4.78 is 1.17. The summed E-state index contributed by atoms with van der Waals surface area (Å²) in [4.78, 5) is 2.38. The molecule has 2 rings (SSSR count). The van der Waals surface area contributed by atoms with Gasteiger partial charge in [-0.3, -0.25) is 0 Å². The van der Waals surface area contributed by atoms with Gasteiger partial charge in [0.1, 0.15) is 0 Å². The van der Waals surface area contributed by atoms with E-state index < -0.39 is 0 Å². The van der Waals surface area contributed by atoms with E-state index in [2.05, 4.69) is 57.5 Å². The van der Waals surface area contributed by atoms with Crippen LogP contribution in [-0.2, 0) is 0 Å². The van der Waals surface area contributed by atoms with E-state index >= 15 is 0 Å². The van der Waals surface area contributed by atoms with E-state index in [0.29, 0.717) is 6.04 Å². The fourth-order valence-electron chi connectivity index (χ4n) is 2.00. The zero-order chi connectivity index (χ0) is 10.7. The van der Waals surface area contributed by atoms with E-state index in [9.17, 15) is 0 Å². The van der Waals surface area contributed by atoms with Gasteiger partial charge in [-0.15, -0.1) is 0 Å². The molecule has 1 saturated heterocycles. The van der Waals surface area contributed by atoms with Crippen LogP contribution in [0.1, 0.15) is 18.0 Å². The van der Waals surface area contributed by atoms with Gasteiger partial charge in [0, 0.05) is 23.6 Å². The Balaban J connectivity index is 2.09. The quantitative estimate of drug-likeness (QED) is 0.842. The molecule has 1 unspecified atom stereocenters. The van der Waals surface area contributed by atoms with Gasteiger partial charge in [0.15, 0.2) is 0 Å². The number of hydrogen-bond acceptors (Lipinski definition) is 2. The molecule has 1 fully saturated rings. The minimum Gasteiger partial charge on any atom is -0.309 e. The zero-order valence-corrected chi connectivity index (χ0v) is 10.6. The molecule has 0 spiro atoms. The molecule has 2 nitrogen and oxygen atoms in total. The SMILES string of the molecule is CN1CCNC(c2cccc(Br)c2)CC1. The van der Waals surface area contributed by atoms with Crippen molar-refractivity contribution in [3.63, 3.8) is 0 Å². The monoisotopic (exact) mass is 268 g/mol. The van der Waals surface area contributed by atoms with Gasteiger partial charge < -0.3 is 10.2 Å². The molecule has 1 N–H and O–H groups in total. The lowest BCUT2D eigenvalue weighted by Gasteiger charge is -2.16. The van der Waals surface area contributed by atoms with Gasteiger partial charge in [0.25, 0.3) is 0 Å². The van der Waals surface area contributed by atoms with Crippen LogP contribution >= 0.6 is 15.9 Å². The van der Waals surface area contributed by atoms with E-state index in [4.69, 9.17) is 0 Å². The number of nitrogens with zero attached hydrogens (tertiary/aromatic N) is 1. The second-order valence-corrected chi connectivity index (χ2v) is 5.07. The van der Waals surface area contributed by atoms with E-state index in [-0.39, 0.29) is 0 Å². The molecular formula is C12H17BrN2. The Kier molecular flexibility index (Phi) is 3.78. The van der Waals surface area contributed by atoms with Crippen molar-refractivity contribution in [3.05, 3.63) is 34.3 Å². The number of hydrogen-bond donors (Lipinski definition) is 1. The van der Waals surface area contributed by atoms with Crippen molar-refractivity contribution in [2.24, 2.45) is 0 Å². The summed E-state index contributed by atoms with van der Waals surface area (Å²) in [5.74, 6) is 0. The third-order valence-corrected chi connectivity index (χ3v) is 3.43. The van der Waals surface area contributed by atoms with Crippen LogP contribution in [0, 0.1) is 0 Å². The van der Waals surface area contributed by atoms with Gasteiger partial charge in [-0.25, -0.2) is 0 Å². The van der Waals surface area contributed by atoms with Crippen LogP contribution in [0.5, 0.6) is 0 Å². The number of rotatable bonds is 1. The molecule has 0 bridgehead atoms. The largest absolute Gasteiger partial charge is 0.309 e. The van der Waals surface area contributed by atoms with Gasteiger partial charge in [-0.1, -0.05) is 28.1 Å². The molecule has 1 aliphatic heterocycles. The standard InChI is InChI=1S/C12H17BrN2/c1-15-7-5-12(14-6-8-15)10-3-2-4-11(13)9-10/h2-4,9,12,14H,5-8H2,1H3. The lowest BCUT2D eigenvalue weighted by atomic mass is 10.0. The zero-order valence-electron chi connectivity index (χ0n) is 9.04. The van der Waals surface area contributed by atoms with Crippen molar-refractivity contribution in [2.45, 2.75) is 12.5 Å². The fraction of sp³-hybridized carbons (Fsp3) is 0.500. The molecule has 0 amide bonds. The summed E-state index contributed by atoms with van der Waals surface area (Å²) in [5, 5.41) is 3.59. The van der Waals surface area contributed by atoms with Crippen molar-refractivity contribution in [1.29, 1.82) is 0 Å². The summed E-state index contributed by atoms with van der Waals surface area (Å²) in [6.45, 7) is 3.39. The molecule has 0 radical (unpaired) electrons. The number of halogens is 1. The Bertz CT molecular complexity index is 327. The van der Waals surface area contributed by atoms with E-state index in [1.165, 1.54) is 23.0 Å². The number of benzene rings is 1. The highest BCUT2D eigenvalue weighted by molar-refractivity contribution is 9.10. The van der Waals surface area contributed by atoms with Crippen molar-refractivity contribution in [1.82, 2.24) is 10.2 Å². The molecule has 1 aromatic carbocycles. The number of likely N-dealkylation sites (N-methyl/N-ethyl adjacent to an activating group) is 1. The highest BCUT2D eigenvalue weighted by atomic mass is 79.9. The van der Waals surface area contributed by atoms with Crippen molar-refractivity contribution < 1.29 is 0 Å². The van der Waals surface area contributed by atoms with E-state index in [1.807, 2.05) is 0 Å². The van der Waals surface area contributed by atoms with Gasteiger partial charge in [-0.2, -0.15) is 0 Å². The first-order chi connectivity index (χ1) is 7.25. The van der Waals surface area contributed by atoms with Crippen LogP contribution < -0.4 is 5.32 Å². The Morgan fingerprint density at radius 2 is 2.27 bits per heavy atom. The van der Waals surface area contributed by atoms with Gasteiger partial charge in [-0.05, 0) is 37.7 Å². The maximum Gasteiger partial charge on any atom is 0.0333 e. The topological polar surface area (TPSA) is 15.3 Å². The van der Waals surface area contributed by atoms with Crippen LogP contribution in [-0.4, -0.2) is 31.6 Å². The summed E-state index contributed by atoms with van der Waals surface area (Å²) in [6, 6.07) is 9.10. The van der Waals surface area contributed by atoms with Crippen molar-refractivity contribution >= 4 is 15.9 Å². The predicted octanol–water partition coefficient (Wildman–Crippen LogP) is 2.42. The first kappa shape index (κ1) is 11.1. The van der Waals surface area contributed by atoms with Crippen molar-refractivity contribution in [3.8, 4) is 0 Å². The third-order valence-electron chi connectivity index (χ3n) is 2.93. The molecule has 15 heavy (non-hydrogen) atoms. The van der Waals surface area contributed by atoms with Crippen LogP contribution in [0.4, 0.5) is 0 Å². The van der Waals surface area contributed by atoms with E-state index in [0.717, 1.165) is 13.1 Å². The molecule has 1 heterocycles. The highest BCUT2D eigenvalue weighted by Crippen LogP contribution is 2.21. The molecular weight excluding hydrogens is 252 g/mol. The number of nitrogens with one attached hydrogen (secondary N) is 1.